The Morgan fingerprint density at radius 1 is 1.21 bits per heavy atom. The molecule has 1 aliphatic heterocycles. The van der Waals surface area contributed by atoms with Gasteiger partial charge in [-0.05, 0) is 36.6 Å². The molecule has 2 aromatic carbocycles. The molecule has 0 aromatic heterocycles. The Kier molecular flexibility index (Phi) is 7.50. The van der Waals surface area contributed by atoms with E-state index < -0.39 is 10.1 Å². The van der Waals surface area contributed by atoms with Crippen molar-refractivity contribution in [1.29, 1.82) is 0 Å². The average molecular weight is 410 g/mol. The summed E-state index contributed by atoms with van der Waals surface area (Å²) in [6, 6.07) is 14.1. The molecule has 152 valence electrons. The van der Waals surface area contributed by atoms with Gasteiger partial charge >= 0.3 is 0 Å². The van der Waals surface area contributed by atoms with Crippen molar-refractivity contribution in [3.8, 4) is 5.75 Å². The maximum Gasteiger partial charge on any atom is 0.261 e. The lowest BCUT2D eigenvalue weighted by Gasteiger charge is -2.13. The number of nitrogens with one attached hydrogen (secondary N) is 1. The zero-order valence-electron chi connectivity index (χ0n) is 15.3. The van der Waals surface area contributed by atoms with Crippen LogP contribution in [0.2, 0.25) is 0 Å². The highest BCUT2D eigenvalue weighted by atomic mass is 32.2. The molecule has 1 saturated heterocycles. The second-order valence-corrected chi connectivity index (χ2v) is 7.90. The number of carbonyl (C=O) groups excluding carboxylic acids is 1. The summed E-state index contributed by atoms with van der Waals surface area (Å²) in [6.45, 7) is 0.192. The van der Waals surface area contributed by atoms with E-state index in [4.69, 9.17) is 15.0 Å². The van der Waals surface area contributed by atoms with E-state index in [1.165, 1.54) is 6.07 Å². The van der Waals surface area contributed by atoms with Crippen molar-refractivity contribution in [2.24, 2.45) is 5.73 Å². The van der Waals surface area contributed by atoms with Crippen LogP contribution in [0.1, 0.15) is 30.0 Å². The fourth-order valence-corrected chi connectivity index (χ4v) is 2.80. The minimum atomic E-state index is -3.67. The molecular weight excluding hydrogens is 387 g/mol. The molecule has 0 unspecified atom stereocenters. The second kappa shape index (κ2) is 9.63. The Morgan fingerprint density at radius 3 is 2.36 bits per heavy atom. The van der Waals surface area contributed by atoms with Crippen LogP contribution in [0.15, 0.2) is 48.5 Å². The summed E-state index contributed by atoms with van der Waals surface area (Å²) in [5.41, 5.74) is 6.93. The lowest BCUT2D eigenvalue weighted by Crippen LogP contribution is -2.37. The maximum absolute atomic E-state index is 13.5. The summed E-state index contributed by atoms with van der Waals surface area (Å²) >= 11 is 0. The number of halogens is 1. The number of carbonyl (C=O) groups is 1. The zero-order valence-corrected chi connectivity index (χ0v) is 16.2. The first-order valence-electron chi connectivity index (χ1n) is 8.57. The highest BCUT2D eigenvalue weighted by molar-refractivity contribution is 7.85. The third-order valence-corrected chi connectivity index (χ3v) is 4.12. The smallest absolute Gasteiger partial charge is 0.261 e. The largest absolute Gasteiger partial charge is 0.489 e. The van der Waals surface area contributed by atoms with Crippen molar-refractivity contribution in [1.82, 2.24) is 5.32 Å². The molecule has 0 bridgehead atoms. The number of rotatable bonds is 5. The van der Waals surface area contributed by atoms with Crippen LogP contribution in [0, 0.1) is 5.82 Å². The molecule has 7 nitrogen and oxygen atoms in total. The summed E-state index contributed by atoms with van der Waals surface area (Å²) < 4.78 is 45.0. The predicted octanol–water partition coefficient (Wildman–Crippen LogP) is 2.19. The molecule has 0 radical (unpaired) electrons. The summed E-state index contributed by atoms with van der Waals surface area (Å²) in [4.78, 5) is 11.2. The van der Waals surface area contributed by atoms with E-state index in [1.807, 2.05) is 24.3 Å². The third-order valence-electron chi connectivity index (χ3n) is 4.12. The molecule has 1 aliphatic rings. The van der Waals surface area contributed by atoms with Crippen molar-refractivity contribution < 1.29 is 26.9 Å². The minimum Gasteiger partial charge on any atom is -0.489 e. The Labute approximate surface area is 163 Å². The van der Waals surface area contributed by atoms with Gasteiger partial charge in [-0.25, -0.2) is 4.39 Å². The Balaban J connectivity index is 0.000000500. The van der Waals surface area contributed by atoms with Gasteiger partial charge in [-0.1, -0.05) is 30.3 Å². The highest BCUT2D eigenvalue weighted by Crippen LogP contribution is 2.28. The van der Waals surface area contributed by atoms with E-state index in [2.05, 4.69) is 5.32 Å². The van der Waals surface area contributed by atoms with E-state index >= 15 is 0 Å². The molecule has 9 heteroatoms. The highest BCUT2D eigenvalue weighted by Gasteiger charge is 2.28. The topological polar surface area (TPSA) is 119 Å². The van der Waals surface area contributed by atoms with Crippen LogP contribution in [-0.4, -0.2) is 31.2 Å². The van der Waals surface area contributed by atoms with Gasteiger partial charge in [-0.2, -0.15) is 8.42 Å². The molecular formula is C19H23FN2O5S. The van der Waals surface area contributed by atoms with Crippen LogP contribution in [0.25, 0.3) is 0 Å². The zero-order chi connectivity index (χ0) is 20.7. The van der Waals surface area contributed by atoms with E-state index in [-0.39, 0.29) is 30.4 Å². The van der Waals surface area contributed by atoms with Gasteiger partial charge in [0.2, 0.25) is 5.91 Å². The fraction of sp³-hybridized carbons (Fsp3) is 0.316. The van der Waals surface area contributed by atoms with Gasteiger partial charge in [-0.3, -0.25) is 14.7 Å². The van der Waals surface area contributed by atoms with Crippen molar-refractivity contribution >= 4 is 16.0 Å². The van der Waals surface area contributed by atoms with Gasteiger partial charge < -0.3 is 10.5 Å². The van der Waals surface area contributed by atoms with Gasteiger partial charge in [0.25, 0.3) is 10.1 Å². The number of primary amides is 1. The number of benzene rings is 2. The second-order valence-electron chi connectivity index (χ2n) is 6.43. The Bertz CT molecular complexity index is 895. The Morgan fingerprint density at radius 2 is 1.82 bits per heavy atom. The molecule has 0 spiro atoms. The minimum absolute atomic E-state index is 0.133. The number of nitrogens with two attached hydrogens (primary N) is 1. The van der Waals surface area contributed by atoms with Gasteiger partial charge in [0.05, 0.1) is 12.3 Å². The monoisotopic (exact) mass is 410 g/mol. The SMILES string of the molecule is CS(=O)(=O)O.NC(=O)[C@@H]1CC[C@H](c2ccc(OCc3ccccc3F)cc2)N1. The quantitative estimate of drug-likeness (QED) is 0.650. The van der Waals surface area contributed by atoms with Crippen LogP contribution in [0.4, 0.5) is 4.39 Å². The van der Waals surface area contributed by atoms with Crippen LogP contribution >= 0.6 is 0 Å². The van der Waals surface area contributed by atoms with Crippen molar-refractivity contribution in [2.45, 2.75) is 31.5 Å². The molecule has 0 aliphatic carbocycles. The van der Waals surface area contributed by atoms with Crippen molar-refractivity contribution in [2.75, 3.05) is 6.26 Å². The molecule has 3 rings (SSSR count). The van der Waals surface area contributed by atoms with Gasteiger partial charge in [-0.15, -0.1) is 0 Å². The van der Waals surface area contributed by atoms with Gasteiger partial charge in [0.15, 0.2) is 0 Å². The van der Waals surface area contributed by atoms with Crippen molar-refractivity contribution in [3.63, 3.8) is 0 Å². The number of amides is 1. The van der Waals surface area contributed by atoms with Gasteiger partial charge in [0.1, 0.15) is 18.2 Å². The summed E-state index contributed by atoms with van der Waals surface area (Å²) in [5.74, 6) is 0.107. The molecule has 1 amide bonds. The summed E-state index contributed by atoms with van der Waals surface area (Å²) in [7, 11) is -3.67. The van der Waals surface area contributed by atoms with E-state index in [1.54, 1.807) is 18.2 Å². The van der Waals surface area contributed by atoms with Crippen LogP contribution < -0.4 is 15.8 Å². The normalized spacial score (nSPS) is 18.8. The molecule has 0 saturated carbocycles. The fourth-order valence-electron chi connectivity index (χ4n) is 2.80. The molecule has 4 N–H and O–H groups in total. The number of hydrogen-bond donors (Lipinski definition) is 3. The first-order chi connectivity index (χ1) is 13.1. The lowest BCUT2D eigenvalue weighted by atomic mass is 10.1. The van der Waals surface area contributed by atoms with E-state index in [0.29, 0.717) is 17.6 Å². The summed E-state index contributed by atoms with van der Waals surface area (Å²) in [6.07, 6.45) is 2.35. The van der Waals surface area contributed by atoms with E-state index in [9.17, 15) is 17.6 Å². The predicted molar refractivity (Wildman–Crippen MR) is 103 cm³/mol. The van der Waals surface area contributed by atoms with Gasteiger partial charge in [0, 0.05) is 11.6 Å². The first kappa shape index (κ1) is 21.8. The molecule has 2 atom stereocenters. The standard InChI is InChI=1S/C18H19FN2O2.CH4O3S/c19-15-4-2-1-3-13(15)11-23-14-7-5-12(6-8-14)16-9-10-17(21-16)18(20)22;1-5(2,3)4/h1-8,16-17,21H,9-11H2,(H2,20,22);1H3,(H,2,3,4)/t16-,17+;/m1./s1. The number of ether oxygens (including phenoxy) is 1. The Hall–Kier alpha value is -2.49. The summed E-state index contributed by atoms with van der Waals surface area (Å²) in [5, 5.41) is 3.23. The maximum atomic E-state index is 13.5. The molecule has 1 fully saturated rings. The molecule has 2 aromatic rings. The third kappa shape index (κ3) is 7.26. The number of hydrogen-bond acceptors (Lipinski definition) is 5. The van der Waals surface area contributed by atoms with Crippen LogP contribution in [0.3, 0.4) is 0 Å². The molecule has 28 heavy (non-hydrogen) atoms. The first-order valence-corrected chi connectivity index (χ1v) is 10.4. The van der Waals surface area contributed by atoms with Crippen molar-refractivity contribution in [3.05, 3.63) is 65.5 Å². The average Bonchev–Trinajstić information content (AvgIpc) is 3.10. The van der Waals surface area contributed by atoms with Crippen LogP contribution in [0.5, 0.6) is 5.75 Å². The van der Waals surface area contributed by atoms with E-state index in [0.717, 1.165) is 18.4 Å². The van der Waals surface area contributed by atoms with Crippen LogP contribution in [-0.2, 0) is 21.5 Å². The molecule has 1 heterocycles. The lowest BCUT2D eigenvalue weighted by molar-refractivity contribution is -0.119.